The molecular formula is C9H17N3O2. The van der Waals surface area contributed by atoms with E-state index < -0.39 is 5.97 Å². The van der Waals surface area contributed by atoms with Gasteiger partial charge in [0.1, 0.15) is 0 Å². The van der Waals surface area contributed by atoms with Gasteiger partial charge in [-0.25, -0.2) is 0 Å². The third-order valence-electron chi connectivity index (χ3n) is 2.66. The third kappa shape index (κ3) is 3.24. The second kappa shape index (κ2) is 4.83. The Labute approximate surface area is 83.2 Å². The van der Waals surface area contributed by atoms with E-state index in [2.05, 4.69) is 4.99 Å². The molecule has 1 rings (SSSR count). The average molecular weight is 199 g/mol. The number of carboxylic acids is 1. The Morgan fingerprint density at radius 1 is 1.43 bits per heavy atom. The first kappa shape index (κ1) is 10.8. The van der Waals surface area contributed by atoms with Crippen molar-refractivity contribution in [3.63, 3.8) is 0 Å². The van der Waals surface area contributed by atoms with Gasteiger partial charge >= 0.3 is 5.97 Å². The maximum Gasteiger partial charge on any atom is 0.306 e. The van der Waals surface area contributed by atoms with Crippen LogP contribution in [0.25, 0.3) is 0 Å². The first-order valence-electron chi connectivity index (χ1n) is 4.87. The summed E-state index contributed by atoms with van der Waals surface area (Å²) in [6.45, 7) is 0.562. The van der Waals surface area contributed by atoms with Crippen LogP contribution in [0, 0.1) is 11.8 Å². The molecule has 0 saturated heterocycles. The zero-order valence-corrected chi connectivity index (χ0v) is 8.15. The lowest BCUT2D eigenvalue weighted by atomic mass is 9.81. The molecule has 1 aliphatic carbocycles. The summed E-state index contributed by atoms with van der Waals surface area (Å²) in [5.41, 5.74) is 10.4. The second-order valence-corrected chi connectivity index (χ2v) is 3.83. The molecule has 14 heavy (non-hydrogen) atoms. The number of nitrogens with zero attached hydrogens (tertiary/aromatic N) is 1. The van der Waals surface area contributed by atoms with Crippen molar-refractivity contribution < 1.29 is 9.90 Å². The molecule has 0 amide bonds. The van der Waals surface area contributed by atoms with Gasteiger partial charge < -0.3 is 16.6 Å². The fraction of sp³-hybridized carbons (Fsp3) is 0.778. The van der Waals surface area contributed by atoms with Gasteiger partial charge in [-0.05, 0) is 25.2 Å². The number of hydrogen-bond acceptors (Lipinski definition) is 2. The molecule has 0 radical (unpaired) electrons. The number of carboxylic acid groups (broad SMARTS) is 1. The zero-order valence-electron chi connectivity index (χ0n) is 8.15. The van der Waals surface area contributed by atoms with Gasteiger partial charge in [0.2, 0.25) is 0 Å². The van der Waals surface area contributed by atoms with Gasteiger partial charge in [0.15, 0.2) is 5.96 Å². The lowest BCUT2D eigenvalue weighted by Crippen LogP contribution is -2.27. The Hall–Kier alpha value is -1.26. The van der Waals surface area contributed by atoms with Crippen molar-refractivity contribution in [1.82, 2.24) is 0 Å². The Morgan fingerprint density at radius 3 is 2.71 bits per heavy atom. The van der Waals surface area contributed by atoms with Gasteiger partial charge in [-0.1, -0.05) is 6.42 Å². The quantitative estimate of drug-likeness (QED) is 0.444. The molecule has 0 heterocycles. The minimum Gasteiger partial charge on any atom is -0.481 e. The number of aliphatic carboxylic acids is 1. The summed E-state index contributed by atoms with van der Waals surface area (Å²) in [6, 6.07) is 0. The summed E-state index contributed by atoms with van der Waals surface area (Å²) in [4.78, 5) is 14.7. The molecule has 0 spiro atoms. The highest BCUT2D eigenvalue weighted by atomic mass is 16.4. The molecule has 5 heteroatoms. The minimum atomic E-state index is -0.695. The van der Waals surface area contributed by atoms with E-state index in [-0.39, 0.29) is 11.9 Å². The molecule has 80 valence electrons. The minimum absolute atomic E-state index is 0.0856. The molecule has 5 N–H and O–H groups in total. The van der Waals surface area contributed by atoms with Crippen LogP contribution in [0.2, 0.25) is 0 Å². The molecule has 0 bridgehead atoms. The molecule has 0 aliphatic heterocycles. The zero-order chi connectivity index (χ0) is 10.6. The van der Waals surface area contributed by atoms with Crippen molar-refractivity contribution in [1.29, 1.82) is 0 Å². The van der Waals surface area contributed by atoms with Gasteiger partial charge in [-0.15, -0.1) is 0 Å². The van der Waals surface area contributed by atoms with E-state index >= 15 is 0 Å². The number of aliphatic imine (C=N–C) groups is 1. The fourth-order valence-electron chi connectivity index (χ4n) is 1.92. The van der Waals surface area contributed by atoms with E-state index in [0.29, 0.717) is 18.9 Å². The Balaban J connectivity index is 2.40. The molecule has 0 unspecified atom stereocenters. The highest BCUT2D eigenvalue weighted by molar-refractivity contribution is 5.75. The number of nitrogens with two attached hydrogens (primary N) is 2. The van der Waals surface area contributed by atoms with E-state index in [9.17, 15) is 4.79 Å². The topological polar surface area (TPSA) is 102 Å². The molecule has 5 nitrogen and oxygen atoms in total. The summed E-state index contributed by atoms with van der Waals surface area (Å²) in [5.74, 6) is -0.489. The molecule has 0 aromatic carbocycles. The van der Waals surface area contributed by atoms with Crippen LogP contribution in [-0.4, -0.2) is 23.6 Å². The van der Waals surface area contributed by atoms with E-state index in [4.69, 9.17) is 16.6 Å². The van der Waals surface area contributed by atoms with Crippen molar-refractivity contribution in [2.45, 2.75) is 25.7 Å². The summed E-state index contributed by atoms with van der Waals surface area (Å²) >= 11 is 0. The van der Waals surface area contributed by atoms with Crippen LogP contribution in [0.1, 0.15) is 25.7 Å². The maximum absolute atomic E-state index is 10.8. The number of guanidine groups is 1. The summed E-state index contributed by atoms with van der Waals surface area (Å²) in [7, 11) is 0. The predicted molar refractivity (Wildman–Crippen MR) is 53.8 cm³/mol. The predicted octanol–water partition coefficient (Wildman–Crippen LogP) is 0.151. The Morgan fingerprint density at radius 2 is 2.14 bits per heavy atom. The smallest absolute Gasteiger partial charge is 0.306 e. The fourth-order valence-corrected chi connectivity index (χ4v) is 1.92. The monoisotopic (exact) mass is 199 g/mol. The average Bonchev–Trinajstić information content (AvgIpc) is 2.15. The lowest BCUT2D eigenvalue weighted by molar-refractivity contribution is -0.143. The van der Waals surface area contributed by atoms with Crippen LogP contribution < -0.4 is 11.5 Å². The van der Waals surface area contributed by atoms with Crippen LogP contribution in [-0.2, 0) is 4.79 Å². The van der Waals surface area contributed by atoms with Gasteiger partial charge in [-0.3, -0.25) is 9.79 Å². The van der Waals surface area contributed by atoms with Gasteiger partial charge in [-0.2, -0.15) is 0 Å². The molecule has 0 aromatic heterocycles. The third-order valence-corrected chi connectivity index (χ3v) is 2.66. The van der Waals surface area contributed by atoms with Gasteiger partial charge in [0, 0.05) is 6.54 Å². The molecular weight excluding hydrogens is 182 g/mol. The highest BCUT2D eigenvalue weighted by Crippen LogP contribution is 2.29. The van der Waals surface area contributed by atoms with Crippen molar-refractivity contribution >= 4 is 11.9 Å². The van der Waals surface area contributed by atoms with E-state index in [1.165, 1.54) is 0 Å². The van der Waals surface area contributed by atoms with Gasteiger partial charge in [0.25, 0.3) is 0 Å². The maximum atomic E-state index is 10.8. The summed E-state index contributed by atoms with van der Waals surface area (Å²) in [5, 5.41) is 8.85. The van der Waals surface area contributed by atoms with Crippen LogP contribution in [0.3, 0.4) is 0 Å². The standard InChI is InChI=1S/C9H17N3O2/c10-9(11)12-5-6-2-1-3-7(4-6)8(13)14/h6-7H,1-5H2,(H,13,14)(H4,10,11,12)/t6-,7+/m0/s1. The first-order valence-corrected chi connectivity index (χ1v) is 4.87. The van der Waals surface area contributed by atoms with Crippen LogP contribution >= 0.6 is 0 Å². The van der Waals surface area contributed by atoms with Crippen molar-refractivity contribution in [3.8, 4) is 0 Å². The summed E-state index contributed by atoms with van der Waals surface area (Å²) in [6.07, 6.45) is 3.47. The van der Waals surface area contributed by atoms with Crippen molar-refractivity contribution in [2.75, 3.05) is 6.54 Å². The second-order valence-electron chi connectivity index (χ2n) is 3.83. The van der Waals surface area contributed by atoms with E-state index in [0.717, 1.165) is 19.3 Å². The highest BCUT2D eigenvalue weighted by Gasteiger charge is 2.26. The van der Waals surface area contributed by atoms with Crippen LogP contribution in [0.15, 0.2) is 4.99 Å². The number of carbonyl (C=O) groups is 1. The molecule has 1 fully saturated rings. The van der Waals surface area contributed by atoms with Crippen molar-refractivity contribution in [3.05, 3.63) is 0 Å². The molecule has 2 atom stereocenters. The van der Waals surface area contributed by atoms with Crippen LogP contribution in [0.5, 0.6) is 0 Å². The lowest BCUT2D eigenvalue weighted by Gasteiger charge is -2.25. The Bertz CT molecular complexity index is 236. The van der Waals surface area contributed by atoms with Gasteiger partial charge in [0.05, 0.1) is 5.92 Å². The summed E-state index contributed by atoms with van der Waals surface area (Å²) < 4.78 is 0. The molecule has 1 saturated carbocycles. The SMILES string of the molecule is NC(N)=NC[C@H]1CCC[C@@H](C(=O)O)C1. The van der Waals surface area contributed by atoms with Crippen molar-refractivity contribution in [2.24, 2.45) is 28.3 Å². The molecule has 0 aromatic rings. The van der Waals surface area contributed by atoms with E-state index in [1.54, 1.807) is 0 Å². The Kier molecular flexibility index (Phi) is 3.73. The largest absolute Gasteiger partial charge is 0.481 e. The first-order chi connectivity index (χ1) is 6.59. The number of hydrogen-bond donors (Lipinski definition) is 3. The van der Waals surface area contributed by atoms with Crippen LogP contribution in [0.4, 0.5) is 0 Å². The normalized spacial score (nSPS) is 26.9. The van der Waals surface area contributed by atoms with E-state index in [1.807, 2.05) is 0 Å². The number of rotatable bonds is 3. The molecule has 1 aliphatic rings.